The van der Waals surface area contributed by atoms with E-state index in [2.05, 4.69) is 21.1 Å². The number of anilines is 1. The van der Waals surface area contributed by atoms with Gasteiger partial charge in [0.15, 0.2) is 0 Å². The van der Waals surface area contributed by atoms with Crippen molar-refractivity contribution in [2.24, 2.45) is 0 Å². The van der Waals surface area contributed by atoms with Crippen molar-refractivity contribution in [3.05, 3.63) is 69.4 Å². The maximum atomic E-state index is 13.0. The van der Waals surface area contributed by atoms with E-state index in [0.717, 1.165) is 5.56 Å². The topological polar surface area (TPSA) is 96.3 Å². The predicted molar refractivity (Wildman–Crippen MR) is 126 cm³/mol. The van der Waals surface area contributed by atoms with Crippen molar-refractivity contribution >= 4 is 40.8 Å². The van der Waals surface area contributed by atoms with Gasteiger partial charge in [0.2, 0.25) is 0 Å². The zero-order chi connectivity index (χ0) is 23.3. The summed E-state index contributed by atoms with van der Waals surface area (Å²) >= 11 is 12.6. The van der Waals surface area contributed by atoms with Gasteiger partial charge in [0.25, 0.3) is 5.91 Å². The first-order valence-corrected chi connectivity index (χ1v) is 10.9. The Bertz CT molecular complexity index is 1090. The number of amides is 3. The summed E-state index contributed by atoms with van der Waals surface area (Å²) in [7, 11) is 0. The lowest BCUT2D eigenvalue weighted by atomic mass is 10.1. The molecule has 0 aliphatic rings. The van der Waals surface area contributed by atoms with E-state index in [1.54, 1.807) is 37.3 Å². The number of carbonyl (C=O) groups excluding carboxylic acids is 2. The van der Waals surface area contributed by atoms with E-state index in [-0.39, 0.29) is 29.2 Å². The zero-order valence-corrected chi connectivity index (χ0v) is 19.5. The lowest BCUT2D eigenvalue weighted by Crippen LogP contribution is -2.40. The SMILES string of the molecule is Cc1onc(-c2c(Cl)cccc2Cl)c1C(=O)Nc1ccc(CCNC(=O)NC(C)C)cc1. The fourth-order valence-electron chi connectivity index (χ4n) is 3.12. The molecule has 0 aliphatic carbocycles. The summed E-state index contributed by atoms with van der Waals surface area (Å²) in [6, 6.07) is 12.3. The third-order valence-electron chi connectivity index (χ3n) is 4.62. The first-order valence-electron chi connectivity index (χ1n) is 10.1. The molecule has 2 aromatic carbocycles. The van der Waals surface area contributed by atoms with Crippen molar-refractivity contribution in [2.45, 2.75) is 33.2 Å². The van der Waals surface area contributed by atoms with Crippen LogP contribution in [0.3, 0.4) is 0 Å². The van der Waals surface area contributed by atoms with Gasteiger partial charge in [-0.1, -0.05) is 46.6 Å². The van der Waals surface area contributed by atoms with Crippen LogP contribution in [0.4, 0.5) is 10.5 Å². The summed E-state index contributed by atoms with van der Waals surface area (Å²) < 4.78 is 5.26. The molecule has 0 bridgehead atoms. The number of nitrogens with zero attached hydrogens (tertiary/aromatic N) is 1. The van der Waals surface area contributed by atoms with E-state index in [1.807, 2.05) is 26.0 Å². The average molecular weight is 475 g/mol. The first kappa shape index (κ1) is 23.6. The van der Waals surface area contributed by atoms with Crippen LogP contribution in [0.1, 0.15) is 35.5 Å². The highest BCUT2D eigenvalue weighted by Gasteiger charge is 2.25. The number of benzene rings is 2. The monoisotopic (exact) mass is 474 g/mol. The molecule has 168 valence electrons. The van der Waals surface area contributed by atoms with Crippen molar-refractivity contribution in [1.82, 2.24) is 15.8 Å². The molecular weight excluding hydrogens is 451 g/mol. The van der Waals surface area contributed by atoms with Gasteiger partial charge in [-0.25, -0.2) is 4.79 Å². The number of aryl methyl sites for hydroxylation is 1. The average Bonchev–Trinajstić information content (AvgIpc) is 3.10. The van der Waals surface area contributed by atoms with Crippen LogP contribution in [0.5, 0.6) is 0 Å². The fraction of sp³-hybridized carbons (Fsp3) is 0.261. The number of halogens is 2. The molecular formula is C23H24Cl2N4O3. The lowest BCUT2D eigenvalue weighted by Gasteiger charge is -2.11. The minimum absolute atomic E-state index is 0.0846. The van der Waals surface area contributed by atoms with E-state index in [1.165, 1.54) is 0 Å². The maximum Gasteiger partial charge on any atom is 0.314 e. The third-order valence-corrected chi connectivity index (χ3v) is 5.25. The number of urea groups is 1. The second-order valence-corrected chi connectivity index (χ2v) is 8.33. The Morgan fingerprint density at radius 3 is 2.34 bits per heavy atom. The highest BCUT2D eigenvalue weighted by Crippen LogP contribution is 2.37. The highest BCUT2D eigenvalue weighted by atomic mass is 35.5. The number of carbonyl (C=O) groups is 2. The molecule has 1 heterocycles. The van der Waals surface area contributed by atoms with Crippen molar-refractivity contribution < 1.29 is 14.1 Å². The molecule has 0 radical (unpaired) electrons. The first-order chi connectivity index (χ1) is 15.3. The number of aromatic nitrogens is 1. The summed E-state index contributed by atoms with van der Waals surface area (Å²) in [5.74, 6) is -0.0228. The molecule has 3 N–H and O–H groups in total. The molecule has 0 fully saturated rings. The summed E-state index contributed by atoms with van der Waals surface area (Å²) in [5, 5.41) is 13.2. The Balaban J connectivity index is 1.67. The van der Waals surface area contributed by atoms with Gasteiger partial charge in [-0.3, -0.25) is 4.79 Å². The minimum Gasteiger partial charge on any atom is -0.360 e. The second-order valence-electron chi connectivity index (χ2n) is 7.52. The Morgan fingerprint density at radius 1 is 1.06 bits per heavy atom. The molecule has 0 saturated carbocycles. The van der Waals surface area contributed by atoms with E-state index in [0.29, 0.717) is 40.0 Å². The Labute approximate surface area is 196 Å². The van der Waals surface area contributed by atoms with Crippen LogP contribution in [0.15, 0.2) is 47.0 Å². The number of rotatable bonds is 7. The van der Waals surface area contributed by atoms with Crippen LogP contribution in [0, 0.1) is 6.92 Å². The normalized spacial score (nSPS) is 10.8. The standard InChI is InChI=1S/C23H24Cl2N4O3/c1-13(2)27-23(31)26-12-11-15-7-9-16(10-8-15)28-22(30)19-14(3)32-29-21(19)20-17(24)5-4-6-18(20)25/h4-10,13H,11-12H2,1-3H3,(H,28,30)(H2,26,27,31). The van der Waals surface area contributed by atoms with Crippen LogP contribution in [-0.4, -0.2) is 29.7 Å². The quantitative estimate of drug-likeness (QED) is 0.423. The Kier molecular flexibility index (Phi) is 7.77. The summed E-state index contributed by atoms with van der Waals surface area (Å²) in [4.78, 5) is 24.6. The molecule has 32 heavy (non-hydrogen) atoms. The molecule has 3 rings (SSSR count). The summed E-state index contributed by atoms with van der Waals surface area (Å²) in [5.41, 5.74) is 2.64. The number of hydrogen-bond donors (Lipinski definition) is 3. The number of hydrogen-bond acceptors (Lipinski definition) is 4. The van der Waals surface area contributed by atoms with Crippen molar-refractivity contribution in [1.29, 1.82) is 0 Å². The molecule has 1 aromatic heterocycles. The Hall–Kier alpha value is -3.03. The molecule has 7 nitrogen and oxygen atoms in total. The second kappa shape index (κ2) is 10.5. The van der Waals surface area contributed by atoms with Gasteiger partial charge in [-0.2, -0.15) is 0 Å². The van der Waals surface area contributed by atoms with E-state index >= 15 is 0 Å². The van der Waals surface area contributed by atoms with Crippen LogP contribution < -0.4 is 16.0 Å². The van der Waals surface area contributed by atoms with Gasteiger partial charge < -0.3 is 20.5 Å². The van der Waals surface area contributed by atoms with Gasteiger partial charge in [0.05, 0.1) is 10.0 Å². The van der Waals surface area contributed by atoms with Gasteiger partial charge in [0.1, 0.15) is 17.0 Å². The minimum atomic E-state index is -0.380. The van der Waals surface area contributed by atoms with Crippen LogP contribution in [0.25, 0.3) is 11.3 Å². The molecule has 0 saturated heterocycles. The Morgan fingerprint density at radius 2 is 1.72 bits per heavy atom. The molecule has 9 heteroatoms. The fourth-order valence-corrected chi connectivity index (χ4v) is 3.69. The summed E-state index contributed by atoms with van der Waals surface area (Å²) in [6.07, 6.45) is 0.666. The maximum absolute atomic E-state index is 13.0. The van der Waals surface area contributed by atoms with E-state index in [9.17, 15) is 9.59 Å². The van der Waals surface area contributed by atoms with E-state index < -0.39 is 0 Å². The smallest absolute Gasteiger partial charge is 0.314 e. The van der Waals surface area contributed by atoms with Crippen molar-refractivity contribution in [2.75, 3.05) is 11.9 Å². The third kappa shape index (κ3) is 5.81. The lowest BCUT2D eigenvalue weighted by molar-refractivity contribution is 0.102. The van der Waals surface area contributed by atoms with Gasteiger partial charge >= 0.3 is 6.03 Å². The summed E-state index contributed by atoms with van der Waals surface area (Å²) in [6.45, 7) is 5.97. The molecule has 0 atom stereocenters. The van der Waals surface area contributed by atoms with Crippen molar-refractivity contribution in [3.8, 4) is 11.3 Å². The molecule has 3 amide bonds. The molecule has 0 aliphatic heterocycles. The molecule has 0 unspecified atom stereocenters. The van der Waals surface area contributed by atoms with Crippen LogP contribution in [-0.2, 0) is 6.42 Å². The highest BCUT2D eigenvalue weighted by molar-refractivity contribution is 6.39. The van der Waals surface area contributed by atoms with Crippen LogP contribution >= 0.6 is 23.2 Å². The largest absolute Gasteiger partial charge is 0.360 e. The van der Waals surface area contributed by atoms with Gasteiger partial charge in [0, 0.05) is 23.8 Å². The molecule has 3 aromatic rings. The predicted octanol–water partition coefficient (Wildman–Crippen LogP) is 5.46. The van der Waals surface area contributed by atoms with Crippen LogP contribution in [0.2, 0.25) is 10.0 Å². The zero-order valence-electron chi connectivity index (χ0n) is 18.0. The van der Waals surface area contributed by atoms with Crippen molar-refractivity contribution in [3.63, 3.8) is 0 Å². The molecule has 0 spiro atoms. The van der Waals surface area contributed by atoms with E-state index in [4.69, 9.17) is 27.7 Å². The van der Waals surface area contributed by atoms with Gasteiger partial charge in [-0.05, 0) is 57.0 Å². The number of nitrogens with one attached hydrogen (secondary N) is 3. The van der Waals surface area contributed by atoms with Gasteiger partial charge in [-0.15, -0.1) is 0 Å².